The van der Waals surface area contributed by atoms with Gasteiger partial charge in [0, 0.05) is 23.1 Å². The first-order valence-electron chi connectivity index (χ1n) is 5.00. The van der Waals surface area contributed by atoms with Gasteiger partial charge in [-0.1, -0.05) is 11.6 Å². The van der Waals surface area contributed by atoms with E-state index in [4.69, 9.17) is 11.6 Å². The molecule has 1 aromatic carbocycles. The fourth-order valence-corrected chi connectivity index (χ4v) is 2.17. The first-order chi connectivity index (χ1) is 7.58. The molecule has 0 unspecified atom stereocenters. The van der Waals surface area contributed by atoms with Gasteiger partial charge in [-0.3, -0.25) is 4.79 Å². The molecule has 1 aliphatic rings. The van der Waals surface area contributed by atoms with Crippen molar-refractivity contribution in [2.24, 2.45) is 0 Å². The van der Waals surface area contributed by atoms with E-state index in [0.717, 1.165) is 4.47 Å². The lowest BCUT2D eigenvalue weighted by molar-refractivity contribution is 0.0765. The number of amides is 1. The number of aliphatic hydroxyl groups is 1. The zero-order chi connectivity index (χ0) is 11.7. The van der Waals surface area contributed by atoms with Gasteiger partial charge in [-0.05, 0) is 40.5 Å². The van der Waals surface area contributed by atoms with E-state index in [1.807, 2.05) is 0 Å². The third-order valence-corrected chi connectivity index (χ3v) is 3.85. The van der Waals surface area contributed by atoms with Crippen LogP contribution in [0.1, 0.15) is 16.8 Å². The molecule has 0 spiro atoms. The van der Waals surface area contributed by atoms with E-state index < -0.39 is 6.10 Å². The molecule has 86 valence electrons. The molecular weight excluding hydrogens is 293 g/mol. The molecule has 1 aromatic rings. The van der Waals surface area contributed by atoms with Gasteiger partial charge in [0.15, 0.2) is 0 Å². The van der Waals surface area contributed by atoms with Gasteiger partial charge in [-0.2, -0.15) is 0 Å². The minimum absolute atomic E-state index is 0.0778. The molecule has 16 heavy (non-hydrogen) atoms. The molecule has 0 bridgehead atoms. The Morgan fingerprint density at radius 2 is 2.31 bits per heavy atom. The number of hydrogen-bond acceptors (Lipinski definition) is 2. The fraction of sp³-hybridized carbons (Fsp3) is 0.364. The first-order valence-corrected chi connectivity index (χ1v) is 6.17. The maximum atomic E-state index is 12.0. The van der Waals surface area contributed by atoms with Gasteiger partial charge in [-0.15, -0.1) is 0 Å². The summed E-state index contributed by atoms with van der Waals surface area (Å²) < 4.78 is 0.771. The average Bonchev–Trinajstić information content (AvgIpc) is 2.68. The third kappa shape index (κ3) is 2.39. The molecule has 3 nitrogen and oxygen atoms in total. The lowest BCUT2D eigenvalue weighted by atomic mass is 10.2. The van der Waals surface area contributed by atoms with Crippen molar-refractivity contribution < 1.29 is 9.90 Å². The van der Waals surface area contributed by atoms with Crippen LogP contribution in [-0.4, -0.2) is 35.1 Å². The number of likely N-dealkylation sites (tertiary alicyclic amines) is 1. The van der Waals surface area contributed by atoms with Crippen LogP contribution >= 0.6 is 27.5 Å². The highest BCUT2D eigenvalue weighted by Crippen LogP contribution is 2.24. The molecule has 0 aliphatic carbocycles. The van der Waals surface area contributed by atoms with Gasteiger partial charge in [-0.25, -0.2) is 0 Å². The van der Waals surface area contributed by atoms with Crippen LogP contribution in [0.25, 0.3) is 0 Å². The lowest BCUT2D eigenvalue weighted by Crippen LogP contribution is -2.29. The van der Waals surface area contributed by atoms with E-state index in [0.29, 0.717) is 30.1 Å². The number of rotatable bonds is 1. The second-order valence-electron chi connectivity index (χ2n) is 3.82. The molecule has 0 aromatic heterocycles. The van der Waals surface area contributed by atoms with Crippen LogP contribution in [0.5, 0.6) is 0 Å². The van der Waals surface area contributed by atoms with Gasteiger partial charge in [0.25, 0.3) is 5.91 Å². The number of carbonyl (C=O) groups is 1. The minimum atomic E-state index is -0.394. The monoisotopic (exact) mass is 303 g/mol. The summed E-state index contributed by atoms with van der Waals surface area (Å²) in [6, 6.07) is 5.11. The first kappa shape index (κ1) is 11.9. The summed E-state index contributed by atoms with van der Waals surface area (Å²) in [5.41, 5.74) is 0.558. The Morgan fingerprint density at radius 1 is 1.56 bits per heavy atom. The summed E-state index contributed by atoms with van der Waals surface area (Å²) >= 11 is 9.20. The molecule has 0 saturated carbocycles. The number of nitrogens with zero attached hydrogens (tertiary/aromatic N) is 1. The molecule has 1 N–H and O–H groups in total. The standard InChI is InChI=1S/C11H11BrClNO2/c12-9-2-1-7(5-10(9)13)11(16)14-4-3-8(15)6-14/h1-2,5,8,15H,3-4,6H2/t8-/m1/s1. The molecular formula is C11H11BrClNO2. The number of benzene rings is 1. The van der Waals surface area contributed by atoms with Gasteiger partial charge < -0.3 is 10.0 Å². The van der Waals surface area contributed by atoms with E-state index in [1.165, 1.54) is 0 Å². The van der Waals surface area contributed by atoms with Crippen LogP contribution in [0.4, 0.5) is 0 Å². The van der Waals surface area contributed by atoms with Crippen LogP contribution in [0, 0.1) is 0 Å². The van der Waals surface area contributed by atoms with E-state index in [9.17, 15) is 9.90 Å². The molecule has 1 amide bonds. The van der Waals surface area contributed by atoms with Gasteiger partial charge in [0.2, 0.25) is 0 Å². The van der Waals surface area contributed by atoms with Crippen LogP contribution in [0.3, 0.4) is 0 Å². The molecule has 1 fully saturated rings. The Labute approximate surface area is 107 Å². The molecule has 1 heterocycles. The van der Waals surface area contributed by atoms with E-state index in [-0.39, 0.29) is 5.91 Å². The average molecular weight is 305 g/mol. The highest BCUT2D eigenvalue weighted by Gasteiger charge is 2.25. The van der Waals surface area contributed by atoms with Gasteiger partial charge >= 0.3 is 0 Å². The molecule has 1 atom stereocenters. The van der Waals surface area contributed by atoms with Crippen molar-refractivity contribution in [1.82, 2.24) is 4.90 Å². The highest BCUT2D eigenvalue weighted by atomic mass is 79.9. The van der Waals surface area contributed by atoms with Gasteiger partial charge in [0.1, 0.15) is 0 Å². The smallest absolute Gasteiger partial charge is 0.253 e. The number of aliphatic hydroxyl groups excluding tert-OH is 1. The third-order valence-electron chi connectivity index (χ3n) is 2.62. The van der Waals surface area contributed by atoms with Crippen LogP contribution in [0.15, 0.2) is 22.7 Å². The van der Waals surface area contributed by atoms with Crippen molar-refractivity contribution in [2.45, 2.75) is 12.5 Å². The molecule has 2 rings (SSSR count). The normalized spacial score (nSPS) is 20.2. The Kier molecular flexibility index (Phi) is 3.52. The van der Waals surface area contributed by atoms with Crippen molar-refractivity contribution >= 4 is 33.4 Å². The van der Waals surface area contributed by atoms with Crippen molar-refractivity contribution in [3.8, 4) is 0 Å². The van der Waals surface area contributed by atoms with E-state index in [1.54, 1.807) is 23.1 Å². The zero-order valence-electron chi connectivity index (χ0n) is 8.49. The maximum Gasteiger partial charge on any atom is 0.253 e. The lowest BCUT2D eigenvalue weighted by Gasteiger charge is -2.15. The Morgan fingerprint density at radius 3 is 2.88 bits per heavy atom. The second kappa shape index (κ2) is 4.73. The number of hydrogen-bond donors (Lipinski definition) is 1. The second-order valence-corrected chi connectivity index (χ2v) is 5.08. The largest absolute Gasteiger partial charge is 0.391 e. The number of halogens is 2. The summed E-state index contributed by atoms with van der Waals surface area (Å²) in [6.07, 6.45) is 0.255. The summed E-state index contributed by atoms with van der Waals surface area (Å²) in [5, 5.41) is 9.89. The fourth-order valence-electron chi connectivity index (χ4n) is 1.74. The van der Waals surface area contributed by atoms with Crippen LogP contribution in [0.2, 0.25) is 5.02 Å². The quantitative estimate of drug-likeness (QED) is 0.865. The van der Waals surface area contributed by atoms with Crippen molar-refractivity contribution in [1.29, 1.82) is 0 Å². The molecule has 1 saturated heterocycles. The Balaban J connectivity index is 2.18. The number of carbonyl (C=O) groups excluding carboxylic acids is 1. The van der Waals surface area contributed by atoms with E-state index in [2.05, 4.69) is 15.9 Å². The Bertz CT molecular complexity index is 424. The molecule has 1 aliphatic heterocycles. The van der Waals surface area contributed by atoms with E-state index >= 15 is 0 Å². The number of β-amino-alcohol motifs (C(OH)–C–C–N with tert-alkyl or cyclic N) is 1. The van der Waals surface area contributed by atoms with Crippen molar-refractivity contribution in [2.75, 3.05) is 13.1 Å². The summed E-state index contributed by atoms with van der Waals surface area (Å²) in [6.45, 7) is 1.01. The predicted octanol–water partition coefficient (Wildman–Crippen LogP) is 2.31. The summed E-state index contributed by atoms with van der Waals surface area (Å²) in [5.74, 6) is -0.0778. The SMILES string of the molecule is O=C(c1ccc(Br)c(Cl)c1)N1CC[C@@H](O)C1. The highest BCUT2D eigenvalue weighted by molar-refractivity contribution is 9.10. The zero-order valence-corrected chi connectivity index (χ0v) is 10.8. The predicted molar refractivity (Wildman–Crippen MR) is 65.7 cm³/mol. The Hall–Kier alpha value is -0.580. The topological polar surface area (TPSA) is 40.5 Å². The van der Waals surface area contributed by atoms with Crippen LogP contribution < -0.4 is 0 Å². The minimum Gasteiger partial charge on any atom is -0.391 e. The molecule has 5 heteroatoms. The van der Waals surface area contributed by atoms with Gasteiger partial charge in [0.05, 0.1) is 11.1 Å². The van der Waals surface area contributed by atoms with Crippen molar-refractivity contribution in [3.63, 3.8) is 0 Å². The van der Waals surface area contributed by atoms with Crippen molar-refractivity contribution in [3.05, 3.63) is 33.3 Å². The maximum absolute atomic E-state index is 12.0. The van der Waals surface area contributed by atoms with Crippen LogP contribution in [-0.2, 0) is 0 Å². The molecule has 0 radical (unpaired) electrons. The summed E-state index contributed by atoms with van der Waals surface area (Å²) in [4.78, 5) is 13.6. The summed E-state index contributed by atoms with van der Waals surface area (Å²) in [7, 11) is 0.